The highest BCUT2D eigenvalue weighted by Crippen LogP contribution is 2.36. The van der Waals surface area contributed by atoms with Crippen molar-refractivity contribution in [2.75, 3.05) is 6.61 Å². The number of rotatable bonds is 3. The van der Waals surface area contributed by atoms with Gasteiger partial charge in [0.25, 0.3) is 0 Å². The van der Waals surface area contributed by atoms with E-state index in [1.54, 1.807) is 0 Å². The maximum Gasteiger partial charge on any atom is 0.191 e. The number of hydrogen-bond donors (Lipinski definition) is 0. The molecule has 0 spiro atoms. The summed E-state index contributed by atoms with van der Waals surface area (Å²) >= 11 is 0. The molecule has 2 fully saturated rings. The highest BCUT2D eigenvalue weighted by molar-refractivity contribution is 5.99. The maximum atomic E-state index is 12.1. The van der Waals surface area contributed by atoms with Crippen molar-refractivity contribution < 1.29 is 9.53 Å². The van der Waals surface area contributed by atoms with Crippen molar-refractivity contribution in [3.8, 4) is 0 Å². The number of hydrogen-bond acceptors (Lipinski definition) is 2. The normalized spacial score (nSPS) is 24.6. The summed E-state index contributed by atoms with van der Waals surface area (Å²) in [5, 5.41) is 0. The van der Waals surface area contributed by atoms with Crippen LogP contribution in [-0.2, 0) is 4.74 Å². The molecule has 2 heteroatoms. The molecule has 3 rings (SSSR count). The summed E-state index contributed by atoms with van der Waals surface area (Å²) in [4.78, 5) is 12.1. The predicted octanol–water partition coefficient (Wildman–Crippen LogP) is 3.32. The summed E-state index contributed by atoms with van der Waals surface area (Å²) < 4.78 is 5.43. The van der Waals surface area contributed by atoms with E-state index in [1.807, 2.05) is 12.1 Å². The minimum absolute atomic E-state index is 0.155. The second-order valence-electron chi connectivity index (χ2n) is 5.12. The molecule has 2 aliphatic rings. The van der Waals surface area contributed by atoms with Gasteiger partial charge >= 0.3 is 0 Å². The standard InChI is InChI=1S/C15H18O2/c16-15(14-5-2-10-17-14)13-8-6-12(7-9-13)11-3-1-4-11/h6-9,11,14H,1-5,10H2. The van der Waals surface area contributed by atoms with Gasteiger partial charge in [0, 0.05) is 12.2 Å². The van der Waals surface area contributed by atoms with E-state index in [-0.39, 0.29) is 11.9 Å². The fourth-order valence-electron chi connectivity index (χ4n) is 2.63. The van der Waals surface area contributed by atoms with Gasteiger partial charge in [-0.05, 0) is 37.2 Å². The molecule has 0 radical (unpaired) electrons. The number of carbonyl (C=O) groups excluding carboxylic acids is 1. The Labute approximate surface area is 102 Å². The Kier molecular flexibility index (Phi) is 2.98. The molecule has 1 unspecified atom stereocenters. The molecular formula is C15H18O2. The lowest BCUT2D eigenvalue weighted by atomic mass is 9.80. The lowest BCUT2D eigenvalue weighted by Gasteiger charge is -2.25. The topological polar surface area (TPSA) is 26.3 Å². The average molecular weight is 230 g/mol. The number of carbonyl (C=O) groups is 1. The van der Waals surface area contributed by atoms with Crippen LogP contribution in [0.3, 0.4) is 0 Å². The Balaban J connectivity index is 1.72. The lowest BCUT2D eigenvalue weighted by molar-refractivity contribution is 0.0643. The first-order valence-corrected chi connectivity index (χ1v) is 6.60. The molecule has 0 amide bonds. The van der Waals surface area contributed by atoms with Gasteiger partial charge < -0.3 is 4.74 Å². The van der Waals surface area contributed by atoms with E-state index >= 15 is 0 Å². The fourth-order valence-corrected chi connectivity index (χ4v) is 2.63. The molecule has 90 valence electrons. The van der Waals surface area contributed by atoms with Crippen LogP contribution < -0.4 is 0 Å². The molecule has 1 saturated heterocycles. The molecule has 2 nitrogen and oxygen atoms in total. The van der Waals surface area contributed by atoms with E-state index in [4.69, 9.17) is 4.74 Å². The van der Waals surface area contributed by atoms with Crippen LogP contribution in [0.15, 0.2) is 24.3 Å². The van der Waals surface area contributed by atoms with Gasteiger partial charge in [-0.2, -0.15) is 0 Å². The average Bonchev–Trinajstić information content (AvgIpc) is 2.80. The van der Waals surface area contributed by atoms with Gasteiger partial charge in [-0.3, -0.25) is 4.79 Å². The zero-order valence-corrected chi connectivity index (χ0v) is 10.0. The van der Waals surface area contributed by atoms with Crippen molar-refractivity contribution in [2.24, 2.45) is 0 Å². The summed E-state index contributed by atoms with van der Waals surface area (Å²) in [6.45, 7) is 0.733. The van der Waals surface area contributed by atoms with Crippen molar-refractivity contribution in [1.82, 2.24) is 0 Å². The monoisotopic (exact) mass is 230 g/mol. The van der Waals surface area contributed by atoms with Gasteiger partial charge in [0.2, 0.25) is 0 Å². The third-order valence-corrected chi connectivity index (χ3v) is 3.99. The summed E-state index contributed by atoms with van der Waals surface area (Å²) in [5.74, 6) is 0.893. The van der Waals surface area contributed by atoms with Gasteiger partial charge in [-0.1, -0.05) is 30.7 Å². The first-order valence-electron chi connectivity index (χ1n) is 6.60. The zero-order chi connectivity index (χ0) is 11.7. The van der Waals surface area contributed by atoms with Crippen LogP contribution in [0.4, 0.5) is 0 Å². The number of ketones is 1. The largest absolute Gasteiger partial charge is 0.370 e. The molecule has 1 aliphatic heterocycles. The molecule has 1 aromatic carbocycles. The minimum Gasteiger partial charge on any atom is -0.370 e. The van der Waals surface area contributed by atoms with E-state index in [9.17, 15) is 4.79 Å². The summed E-state index contributed by atoms with van der Waals surface area (Å²) in [5.41, 5.74) is 2.19. The SMILES string of the molecule is O=C(c1ccc(C2CCC2)cc1)C1CCCO1. The van der Waals surface area contributed by atoms with E-state index in [1.165, 1.54) is 24.8 Å². The first kappa shape index (κ1) is 11.0. The van der Waals surface area contributed by atoms with Crippen LogP contribution in [-0.4, -0.2) is 18.5 Å². The summed E-state index contributed by atoms with van der Waals surface area (Å²) in [7, 11) is 0. The molecule has 1 heterocycles. The van der Waals surface area contributed by atoms with Gasteiger partial charge in [0.05, 0.1) is 0 Å². The van der Waals surface area contributed by atoms with Crippen molar-refractivity contribution in [1.29, 1.82) is 0 Å². The lowest BCUT2D eigenvalue weighted by Crippen LogP contribution is -2.19. The second-order valence-corrected chi connectivity index (χ2v) is 5.12. The Morgan fingerprint density at radius 3 is 2.35 bits per heavy atom. The van der Waals surface area contributed by atoms with Crippen molar-refractivity contribution in [3.63, 3.8) is 0 Å². The molecule has 0 bridgehead atoms. The van der Waals surface area contributed by atoms with Crippen LogP contribution in [0, 0.1) is 0 Å². The number of Topliss-reactive ketones (excluding diaryl/α,β-unsaturated/α-hetero) is 1. The van der Waals surface area contributed by atoms with E-state index in [0.29, 0.717) is 0 Å². The molecule has 1 atom stereocenters. The Hall–Kier alpha value is -1.15. The highest BCUT2D eigenvalue weighted by atomic mass is 16.5. The van der Waals surface area contributed by atoms with Crippen LogP contribution in [0.2, 0.25) is 0 Å². The quantitative estimate of drug-likeness (QED) is 0.745. The van der Waals surface area contributed by atoms with Gasteiger partial charge in [-0.15, -0.1) is 0 Å². The molecule has 0 aromatic heterocycles. The van der Waals surface area contributed by atoms with Crippen LogP contribution in [0.25, 0.3) is 0 Å². The highest BCUT2D eigenvalue weighted by Gasteiger charge is 2.25. The maximum absolute atomic E-state index is 12.1. The van der Waals surface area contributed by atoms with Crippen molar-refractivity contribution in [2.45, 2.75) is 44.1 Å². The number of ether oxygens (including phenoxy) is 1. The van der Waals surface area contributed by atoms with Crippen molar-refractivity contribution >= 4 is 5.78 Å². The Bertz CT molecular complexity index is 397. The van der Waals surface area contributed by atoms with Gasteiger partial charge in [-0.25, -0.2) is 0 Å². The molecule has 1 aliphatic carbocycles. The summed E-state index contributed by atoms with van der Waals surface area (Å²) in [6, 6.07) is 8.17. The van der Waals surface area contributed by atoms with E-state index in [0.717, 1.165) is 30.9 Å². The third kappa shape index (κ3) is 2.14. The summed E-state index contributed by atoms with van der Waals surface area (Å²) in [6.07, 6.45) is 5.66. The molecule has 1 aromatic rings. The van der Waals surface area contributed by atoms with Crippen LogP contribution in [0.5, 0.6) is 0 Å². The predicted molar refractivity (Wildman–Crippen MR) is 66.3 cm³/mol. The Morgan fingerprint density at radius 2 is 1.82 bits per heavy atom. The molecule has 1 saturated carbocycles. The molecule has 0 N–H and O–H groups in total. The van der Waals surface area contributed by atoms with Crippen LogP contribution in [0.1, 0.15) is 53.9 Å². The van der Waals surface area contributed by atoms with E-state index in [2.05, 4.69) is 12.1 Å². The van der Waals surface area contributed by atoms with Crippen molar-refractivity contribution in [3.05, 3.63) is 35.4 Å². The molecular weight excluding hydrogens is 212 g/mol. The van der Waals surface area contributed by atoms with E-state index < -0.39 is 0 Å². The van der Waals surface area contributed by atoms with Crippen LogP contribution >= 0.6 is 0 Å². The number of benzene rings is 1. The van der Waals surface area contributed by atoms with Gasteiger partial charge in [0.1, 0.15) is 6.10 Å². The molecule has 17 heavy (non-hydrogen) atoms. The second kappa shape index (κ2) is 4.61. The zero-order valence-electron chi connectivity index (χ0n) is 10.0. The fraction of sp³-hybridized carbons (Fsp3) is 0.533. The third-order valence-electron chi connectivity index (χ3n) is 3.99. The minimum atomic E-state index is -0.190. The smallest absolute Gasteiger partial charge is 0.191 e. The Morgan fingerprint density at radius 1 is 1.06 bits per heavy atom. The first-order chi connectivity index (χ1) is 8.34. The van der Waals surface area contributed by atoms with Gasteiger partial charge in [0.15, 0.2) is 5.78 Å².